The molecule has 0 amide bonds. The van der Waals surface area contributed by atoms with Gasteiger partial charge < -0.3 is 20.4 Å². The van der Waals surface area contributed by atoms with Crippen LogP contribution in [0.15, 0.2) is 41.7 Å². The molecular formula is C19H27ClIN7. The molecule has 0 aromatic carbocycles. The fourth-order valence-electron chi connectivity index (χ4n) is 3.07. The van der Waals surface area contributed by atoms with Crippen LogP contribution in [0.3, 0.4) is 0 Å². The topological polar surface area (TPSA) is 68.7 Å². The van der Waals surface area contributed by atoms with Crippen molar-refractivity contribution in [3.63, 3.8) is 0 Å². The van der Waals surface area contributed by atoms with Gasteiger partial charge in [-0.2, -0.15) is 0 Å². The zero-order valence-electron chi connectivity index (χ0n) is 16.4. The third-order valence-corrected chi connectivity index (χ3v) is 4.81. The van der Waals surface area contributed by atoms with Crippen molar-refractivity contribution in [3.05, 3.63) is 47.2 Å². The Morgan fingerprint density at radius 1 is 1.32 bits per heavy atom. The summed E-state index contributed by atoms with van der Waals surface area (Å²) in [6.07, 6.45) is 4.61. The standard InChI is InChI=1S/C19H26ClN7.HI/c1-21-19(24-12-14-6-9-22-17(11-14)26(2)3)25-15-7-10-27(13-15)18-16(20)5-4-8-23-18;/h4-6,8-9,11,15H,7,10,12-13H2,1-3H3,(H2,21,24,25);1H. The largest absolute Gasteiger partial charge is 0.363 e. The first-order chi connectivity index (χ1) is 13.1. The van der Waals surface area contributed by atoms with Crippen molar-refractivity contribution < 1.29 is 0 Å². The Hall–Kier alpha value is -1.81. The first-order valence-corrected chi connectivity index (χ1v) is 9.39. The number of hydrogen-bond acceptors (Lipinski definition) is 5. The van der Waals surface area contributed by atoms with E-state index >= 15 is 0 Å². The third-order valence-electron chi connectivity index (χ3n) is 4.52. The van der Waals surface area contributed by atoms with Crippen molar-refractivity contribution in [2.45, 2.75) is 19.0 Å². The number of pyridine rings is 2. The first kappa shape index (κ1) is 22.5. The van der Waals surface area contributed by atoms with Gasteiger partial charge in [0.05, 0.1) is 5.02 Å². The molecular weight excluding hydrogens is 489 g/mol. The second-order valence-corrected chi connectivity index (χ2v) is 7.13. The van der Waals surface area contributed by atoms with Crippen LogP contribution in [0, 0.1) is 0 Å². The molecule has 1 atom stereocenters. The number of nitrogens with zero attached hydrogens (tertiary/aromatic N) is 5. The Morgan fingerprint density at radius 3 is 2.86 bits per heavy atom. The van der Waals surface area contributed by atoms with Gasteiger partial charge >= 0.3 is 0 Å². The van der Waals surface area contributed by atoms with E-state index in [1.807, 2.05) is 43.4 Å². The Labute approximate surface area is 188 Å². The Balaban J connectivity index is 0.00000280. The van der Waals surface area contributed by atoms with Gasteiger partial charge in [-0.05, 0) is 36.2 Å². The Kier molecular flexibility index (Phi) is 8.56. The molecule has 28 heavy (non-hydrogen) atoms. The van der Waals surface area contributed by atoms with Crippen molar-refractivity contribution in [2.75, 3.05) is 44.0 Å². The van der Waals surface area contributed by atoms with Crippen LogP contribution in [0.5, 0.6) is 0 Å². The van der Waals surface area contributed by atoms with Gasteiger partial charge in [0.2, 0.25) is 0 Å². The lowest BCUT2D eigenvalue weighted by Gasteiger charge is -2.20. The molecule has 1 saturated heterocycles. The molecule has 2 aromatic heterocycles. The van der Waals surface area contributed by atoms with Gasteiger partial charge in [-0.3, -0.25) is 4.99 Å². The van der Waals surface area contributed by atoms with Gasteiger partial charge in [-0.15, -0.1) is 24.0 Å². The fourth-order valence-corrected chi connectivity index (χ4v) is 3.31. The molecule has 3 rings (SSSR count). The quantitative estimate of drug-likeness (QED) is 0.363. The monoisotopic (exact) mass is 515 g/mol. The van der Waals surface area contributed by atoms with Crippen LogP contribution in [0.25, 0.3) is 0 Å². The zero-order valence-corrected chi connectivity index (χ0v) is 19.5. The smallest absolute Gasteiger partial charge is 0.191 e. The van der Waals surface area contributed by atoms with Crippen molar-refractivity contribution in [1.29, 1.82) is 0 Å². The average Bonchev–Trinajstić information content (AvgIpc) is 3.14. The number of hydrogen-bond donors (Lipinski definition) is 2. The number of rotatable bonds is 5. The predicted octanol–water partition coefficient (Wildman–Crippen LogP) is 2.76. The van der Waals surface area contributed by atoms with Crippen LogP contribution >= 0.6 is 35.6 Å². The van der Waals surface area contributed by atoms with Gasteiger partial charge in [-0.25, -0.2) is 9.97 Å². The normalized spacial score (nSPS) is 16.5. The van der Waals surface area contributed by atoms with Gasteiger partial charge in [0, 0.05) is 59.2 Å². The Morgan fingerprint density at radius 2 is 2.14 bits per heavy atom. The summed E-state index contributed by atoms with van der Waals surface area (Å²) in [6.45, 7) is 2.45. The maximum absolute atomic E-state index is 6.27. The Bertz CT molecular complexity index is 799. The highest BCUT2D eigenvalue weighted by molar-refractivity contribution is 14.0. The average molecular weight is 516 g/mol. The number of nitrogens with one attached hydrogen (secondary N) is 2. The molecule has 1 fully saturated rings. The number of aliphatic imine (C=N–C) groups is 1. The summed E-state index contributed by atoms with van der Waals surface area (Å²) >= 11 is 6.27. The molecule has 0 aliphatic carbocycles. The molecule has 3 heterocycles. The lowest BCUT2D eigenvalue weighted by Crippen LogP contribution is -2.44. The van der Waals surface area contributed by atoms with E-state index in [0.717, 1.165) is 42.7 Å². The summed E-state index contributed by atoms with van der Waals surface area (Å²) in [6, 6.07) is 8.10. The van der Waals surface area contributed by atoms with Crippen molar-refractivity contribution in [2.24, 2.45) is 4.99 Å². The van der Waals surface area contributed by atoms with E-state index in [2.05, 4.69) is 36.6 Å². The van der Waals surface area contributed by atoms with E-state index in [0.29, 0.717) is 17.6 Å². The molecule has 2 aromatic rings. The van der Waals surface area contributed by atoms with E-state index in [-0.39, 0.29) is 24.0 Å². The molecule has 1 aliphatic heterocycles. The maximum atomic E-state index is 6.27. The van der Waals surface area contributed by atoms with E-state index in [4.69, 9.17) is 11.6 Å². The number of guanidine groups is 1. The summed E-state index contributed by atoms with van der Waals surface area (Å²) in [5, 5.41) is 7.56. The van der Waals surface area contributed by atoms with Crippen LogP contribution in [0.2, 0.25) is 5.02 Å². The predicted molar refractivity (Wildman–Crippen MR) is 127 cm³/mol. The highest BCUT2D eigenvalue weighted by Crippen LogP contribution is 2.25. The highest BCUT2D eigenvalue weighted by atomic mass is 127. The van der Waals surface area contributed by atoms with Crippen LogP contribution in [0.1, 0.15) is 12.0 Å². The molecule has 152 valence electrons. The van der Waals surface area contributed by atoms with Crippen LogP contribution in [0.4, 0.5) is 11.6 Å². The van der Waals surface area contributed by atoms with E-state index in [1.54, 1.807) is 13.2 Å². The summed E-state index contributed by atoms with van der Waals surface area (Å²) in [4.78, 5) is 17.3. The maximum Gasteiger partial charge on any atom is 0.191 e. The molecule has 0 spiro atoms. The summed E-state index contributed by atoms with van der Waals surface area (Å²) in [7, 11) is 5.76. The lowest BCUT2D eigenvalue weighted by molar-refractivity contribution is 0.648. The summed E-state index contributed by atoms with van der Waals surface area (Å²) < 4.78 is 0. The van der Waals surface area contributed by atoms with Gasteiger partial charge in [0.25, 0.3) is 0 Å². The van der Waals surface area contributed by atoms with Crippen LogP contribution in [-0.4, -0.2) is 56.2 Å². The minimum Gasteiger partial charge on any atom is -0.363 e. The van der Waals surface area contributed by atoms with Crippen LogP contribution in [-0.2, 0) is 6.54 Å². The second kappa shape index (κ2) is 10.7. The van der Waals surface area contributed by atoms with Gasteiger partial charge in [0.1, 0.15) is 11.6 Å². The number of aromatic nitrogens is 2. The van der Waals surface area contributed by atoms with E-state index in [1.165, 1.54) is 0 Å². The minimum atomic E-state index is 0. The SMILES string of the molecule is CN=C(NCc1ccnc(N(C)C)c1)NC1CCN(c2ncccc2Cl)C1.I. The zero-order chi connectivity index (χ0) is 19.2. The van der Waals surface area contributed by atoms with E-state index < -0.39 is 0 Å². The second-order valence-electron chi connectivity index (χ2n) is 6.73. The molecule has 0 radical (unpaired) electrons. The molecule has 0 saturated carbocycles. The molecule has 7 nitrogen and oxygen atoms in total. The lowest BCUT2D eigenvalue weighted by atomic mass is 10.2. The molecule has 1 aliphatic rings. The summed E-state index contributed by atoms with van der Waals surface area (Å²) in [5.41, 5.74) is 1.16. The minimum absolute atomic E-state index is 0. The number of anilines is 2. The van der Waals surface area contributed by atoms with Gasteiger partial charge in [-0.1, -0.05) is 11.6 Å². The van der Waals surface area contributed by atoms with Crippen LogP contribution < -0.4 is 20.4 Å². The first-order valence-electron chi connectivity index (χ1n) is 9.01. The molecule has 1 unspecified atom stereocenters. The number of halogens is 2. The highest BCUT2D eigenvalue weighted by Gasteiger charge is 2.25. The fraction of sp³-hybridized carbons (Fsp3) is 0.421. The third kappa shape index (κ3) is 5.84. The molecule has 9 heteroatoms. The molecule has 2 N–H and O–H groups in total. The van der Waals surface area contributed by atoms with Crippen molar-refractivity contribution in [1.82, 2.24) is 20.6 Å². The summed E-state index contributed by atoms with van der Waals surface area (Å²) in [5.74, 6) is 2.58. The van der Waals surface area contributed by atoms with E-state index in [9.17, 15) is 0 Å². The van der Waals surface area contributed by atoms with Crippen molar-refractivity contribution in [3.8, 4) is 0 Å². The molecule has 0 bridgehead atoms. The van der Waals surface area contributed by atoms with Gasteiger partial charge in [0.15, 0.2) is 5.96 Å². The van der Waals surface area contributed by atoms with Crippen molar-refractivity contribution >= 4 is 53.2 Å².